The molecule has 2 fully saturated rings. The van der Waals surface area contributed by atoms with Crippen molar-refractivity contribution >= 4 is 51.9 Å². The predicted molar refractivity (Wildman–Crippen MR) is 148 cm³/mol. The van der Waals surface area contributed by atoms with E-state index in [1.807, 2.05) is 0 Å². The highest BCUT2D eigenvalue weighted by molar-refractivity contribution is 6.33. The molecule has 3 amide bonds. The van der Waals surface area contributed by atoms with Crippen molar-refractivity contribution in [2.45, 2.75) is 31.5 Å². The van der Waals surface area contributed by atoms with Crippen molar-refractivity contribution in [2.24, 2.45) is 11.7 Å². The Morgan fingerprint density at radius 3 is 2.54 bits per heavy atom. The normalized spacial score (nSPS) is 19.2. The molecule has 1 unspecified atom stereocenters. The molecule has 3 aromatic carbocycles. The monoisotopic (exact) mass is 575 g/mol. The number of nitrogens with two attached hydrogens (primary N) is 1. The molecule has 0 radical (unpaired) electrons. The highest BCUT2D eigenvalue weighted by Gasteiger charge is 2.56. The lowest BCUT2D eigenvalue weighted by Gasteiger charge is -2.27. The van der Waals surface area contributed by atoms with Crippen LogP contribution in [0.3, 0.4) is 0 Å². The second-order valence-electron chi connectivity index (χ2n) is 10.2. The second-order valence-corrected chi connectivity index (χ2v) is 10.6. The zero-order chi connectivity index (χ0) is 29.0. The maximum Gasteiger partial charge on any atom is 0.335 e. The third-order valence-corrected chi connectivity index (χ3v) is 7.96. The molecule has 1 saturated carbocycles. The van der Waals surface area contributed by atoms with E-state index in [0.29, 0.717) is 22.5 Å². The maximum absolute atomic E-state index is 15.5. The third-order valence-electron chi connectivity index (χ3n) is 7.63. The molecule has 1 saturated heterocycles. The predicted octanol–water partition coefficient (Wildman–Crippen LogP) is 3.92. The Labute approximate surface area is 237 Å². The number of amides is 3. The van der Waals surface area contributed by atoms with Gasteiger partial charge in [0, 0.05) is 27.6 Å². The third kappa shape index (κ3) is 4.67. The largest absolute Gasteiger partial charge is 0.478 e. The quantitative estimate of drug-likeness (QED) is 0.304. The van der Waals surface area contributed by atoms with Crippen LogP contribution in [0.5, 0.6) is 0 Å². The van der Waals surface area contributed by atoms with Crippen LogP contribution >= 0.6 is 11.6 Å². The fourth-order valence-corrected chi connectivity index (χ4v) is 5.84. The summed E-state index contributed by atoms with van der Waals surface area (Å²) in [7, 11) is 0. The number of benzene rings is 3. The van der Waals surface area contributed by atoms with Gasteiger partial charge >= 0.3 is 5.97 Å². The van der Waals surface area contributed by atoms with E-state index in [4.69, 9.17) is 17.3 Å². The molecule has 3 atom stereocenters. The molecule has 41 heavy (non-hydrogen) atoms. The molecule has 10 nitrogen and oxygen atoms in total. The van der Waals surface area contributed by atoms with Crippen LogP contribution in [0.25, 0.3) is 22.0 Å². The summed E-state index contributed by atoms with van der Waals surface area (Å²) < 4.78 is 16.7. The topological polar surface area (TPSA) is 148 Å². The molecular weight excluding hydrogens is 553 g/mol. The number of primary amides is 1. The Balaban J connectivity index is 1.25. The first-order valence-electron chi connectivity index (χ1n) is 12.8. The number of carboxylic acid groups (broad SMARTS) is 1. The first-order chi connectivity index (χ1) is 19.6. The van der Waals surface area contributed by atoms with Crippen LogP contribution in [0.1, 0.15) is 33.7 Å². The van der Waals surface area contributed by atoms with Crippen LogP contribution in [-0.4, -0.2) is 55.6 Å². The molecule has 2 heterocycles. The van der Waals surface area contributed by atoms with Crippen molar-refractivity contribution in [3.05, 3.63) is 82.8 Å². The number of anilines is 1. The average molecular weight is 576 g/mol. The number of carboxylic acids is 1. The van der Waals surface area contributed by atoms with E-state index in [-0.39, 0.29) is 46.4 Å². The molecule has 4 aromatic rings. The molecule has 1 aliphatic carbocycles. The minimum Gasteiger partial charge on any atom is -0.478 e. The smallest absolute Gasteiger partial charge is 0.335 e. The Bertz CT molecular complexity index is 1770. The lowest BCUT2D eigenvalue weighted by Crippen LogP contribution is -2.46. The molecule has 6 rings (SSSR count). The Morgan fingerprint density at radius 1 is 1.05 bits per heavy atom. The van der Waals surface area contributed by atoms with Gasteiger partial charge in [0.15, 0.2) is 11.5 Å². The Hall–Kier alpha value is -4.77. The molecule has 12 heteroatoms. The molecule has 0 spiro atoms. The van der Waals surface area contributed by atoms with Crippen molar-refractivity contribution in [3.8, 4) is 11.1 Å². The van der Waals surface area contributed by atoms with Crippen molar-refractivity contribution < 1.29 is 28.7 Å². The van der Waals surface area contributed by atoms with E-state index in [0.717, 1.165) is 6.42 Å². The summed E-state index contributed by atoms with van der Waals surface area (Å²) in [6.45, 7) is -0.306. The minimum absolute atomic E-state index is 0.0289. The standard InChI is InChI=1S/C29H23ClFN5O5/c30-19-6-2-1-4-16(19)17-5-3-7-20(25(17)31)33-28(39)23-12-15-11-22(15)36(23)24(37)13-35-21-9-8-14(29(40)41)10-18(21)26(34-35)27(32)38/h1-10,15,22-23H,11-13H2,(H2,32,38)(H,33,39)(H,40,41)/t15-,22?,23+/m1/s1. The number of hydrogen-bond acceptors (Lipinski definition) is 5. The van der Waals surface area contributed by atoms with E-state index in [9.17, 15) is 24.3 Å². The Kier molecular flexibility index (Phi) is 6.46. The van der Waals surface area contributed by atoms with Gasteiger partial charge in [-0.25, -0.2) is 9.18 Å². The summed E-state index contributed by atoms with van der Waals surface area (Å²) in [5.41, 5.74) is 6.27. The number of aromatic nitrogens is 2. The highest BCUT2D eigenvalue weighted by atomic mass is 35.5. The van der Waals surface area contributed by atoms with E-state index >= 15 is 4.39 Å². The number of aromatic carboxylic acids is 1. The molecule has 1 aliphatic heterocycles. The lowest BCUT2D eigenvalue weighted by atomic mass is 10.0. The SMILES string of the molecule is NC(=O)c1nn(CC(=O)N2C3C[C@@H]3C[C@H]2C(=O)Nc2cccc(-c3ccccc3Cl)c2F)c2ccc(C(=O)O)cc12. The van der Waals surface area contributed by atoms with E-state index < -0.39 is 35.5 Å². The number of nitrogens with one attached hydrogen (secondary N) is 1. The fourth-order valence-electron chi connectivity index (χ4n) is 5.61. The van der Waals surface area contributed by atoms with Crippen molar-refractivity contribution in [3.63, 3.8) is 0 Å². The molecule has 2 aliphatic rings. The van der Waals surface area contributed by atoms with Gasteiger partial charge in [0.1, 0.15) is 12.6 Å². The number of carbonyl (C=O) groups is 4. The number of hydrogen-bond donors (Lipinski definition) is 3. The summed E-state index contributed by atoms with van der Waals surface area (Å²) in [6.07, 6.45) is 1.18. The summed E-state index contributed by atoms with van der Waals surface area (Å²) in [5, 5.41) is 16.7. The van der Waals surface area contributed by atoms with Crippen molar-refractivity contribution in [1.82, 2.24) is 14.7 Å². The zero-order valence-corrected chi connectivity index (χ0v) is 22.1. The number of piperidine rings is 1. The van der Waals surface area contributed by atoms with Crippen LogP contribution in [-0.2, 0) is 16.1 Å². The van der Waals surface area contributed by atoms with Crippen LogP contribution in [0.4, 0.5) is 10.1 Å². The summed E-state index contributed by atoms with van der Waals surface area (Å²) in [5.74, 6) is -3.48. The van der Waals surface area contributed by atoms with Crippen LogP contribution < -0.4 is 11.1 Å². The number of halogens is 2. The molecule has 1 aromatic heterocycles. The van der Waals surface area contributed by atoms with Gasteiger partial charge in [0.25, 0.3) is 5.91 Å². The van der Waals surface area contributed by atoms with Gasteiger partial charge in [0.2, 0.25) is 11.8 Å². The van der Waals surface area contributed by atoms with Gasteiger partial charge in [-0.3, -0.25) is 19.1 Å². The van der Waals surface area contributed by atoms with Gasteiger partial charge in [-0.2, -0.15) is 5.10 Å². The number of rotatable bonds is 7. The van der Waals surface area contributed by atoms with Gasteiger partial charge in [-0.1, -0.05) is 41.9 Å². The number of carbonyl (C=O) groups excluding carboxylic acids is 3. The van der Waals surface area contributed by atoms with Gasteiger partial charge in [-0.05, 0) is 49.1 Å². The Morgan fingerprint density at radius 2 is 1.80 bits per heavy atom. The molecule has 4 N–H and O–H groups in total. The van der Waals surface area contributed by atoms with Crippen molar-refractivity contribution in [1.29, 1.82) is 0 Å². The summed E-state index contributed by atoms with van der Waals surface area (Å²) in [6, 6.07) is 14.5. The number of nitrogens with zero attached hydrogens (tertiary/aromatic N) is 3. The number of fused-ring (bicyclic) bond motifs is 2. The first kappa shape index (κ1) is 26.5. The molecular formula is C29H23ClFN5O5. The maximum atomic E-state index is 15.5. The number of likely N-dealkylation sites (tertiary alicyclic amines) is 1. The summed E-state index contributed by atoms with van der Waals surface area (Å²) in [4.78, 5) is 51.8. The van der Waals surface area contributed by atoms with Crippen LogP contribution in [0.2, 0.25) is 5.02 Å². The van der Waals surface area contributed by atoms with Gasteiger partial charge in [0.05, 0.1) is 16.8 Å². The average Bonchev–Trinajstić information content (AvgIpc) is 3.45. The lowest BCUT2D eigenvalue weighted by molar-refractivity contribution is -0.138. The van der Waals surface area contributed by atoms with E-state index in [1.165, 1.54) is 33.8 Å². The summed E-state index contributed by atoms with van der Waals surface area (Å²) >= 11 is 6.25. The van der Waals surface area contributed by atoms with Crippen LogP contribution in [0, 0.1) is 11.7 Å². The molecule has 0 bridgehead atoms. The van der Waals surface area contributed by atoms with E-state index in [2.05, 4.69) is 10.4 Å². The van der Waals surface area contributed by atoms with Crippen LogP contribution in [0.15, 0.2) is 60.7 Å². The van der Waals surface area contributed by atoms with E-state index in [1.54, 1.807) is 36.4 Å². The second kappa shape index (κ2) is 10.0. The molecule has 208 valence electrons. The zero-order valence-electron chi connectivity index (χ0n) is 21.4. The van der Waals surface area contributed by atoms with Gasteiger partial charge in [-0.15, -0.1) is 0 Å². The fraction of sp³-hybridized carbons (Fsp3) is 0.207. The first-order valence-corrected chi connectivity index (χ1v) is 13.2. The van der Waals surface area contributed by atoms with Crippen molar-refractivity contribution in [2.75, 3.05) is 5.32 Å². The van der Waals surface area contributed by atoms with Gasteiger partial charge < -0.3 is 21.1 Å². The minimum atomic E-state index is -1.19. The highest BCUT2D eigenvalue weighted by Crippen LogP contribution is 2.48.